The van der Waals surface area contributed by atoms with E-state index in [0.29, 0.717) is 12.0 Å². The normalized spacial score (nSPS) is 23.2. The Bertz CT molecular complexity index is 260. The van der Waals surface area contributed by atoms with Crippen molar-refractivity contribution in [3.8, 4) is 0 Å². The predicted octanol–water partition coefficient (Wildman–Crippen LogP) is 1.15. The van der Waals surface area contributed by atoms with Gasteiger partial charge in [-0.15, -0.1) is 11.6 Å². The minimum Gasteiger partial charge on any atom is -0.368 e. The van der Waals surface area contributed by atoms with Gasteiger partial charge in [0.1, 0.15) is 5.38 Å². The van der Waals surface area contributed by atoms with E-state index in [1.165, 1.54) is 6.08 Å². The van der Waals surface area contributed by atoms with Crippen molar-refractivity contribution in [1.82, 2.24) is 0 Å². The van der Waals surface area contributed by atoms with E-state index in [9.17, 15) is 9.59 Å². The molecule has 3 nitrogen and oxygen atoms in total. The molecule has 0 aromatic rings. The van der Waals surface area contributed by atoms with Crippen LogP contribution in [0.5, 0.6) is 0 Å². The molecule has 1 rings (SSSR count). The smallest absolute Gasteiger partial charge is 0.239 e. The van der Waals surface area contributed by atoms with Crippen LogP contribution in [-0.2, 0) is 9.59 Å². The number of ketones is 1. The van der Waals surface area contributed by atoms with Crippen LogP contribution in [0.3, 0.4) is 0 Å². The molecule has 2 N–H and O–H groups in total. The van der Waals surface area contributed by atoms with E-state index in [-0.39, 0.29) is 5.78 Å². The van der Waals surface area contributed by atoms with Crippen LogP contribution in [0.4, 0.5) is 0 Å². The number of carbonyl (C=O) groups is 2. The number of primary amides is 1. The number of alkyl halides is 1. The summed E-state index contributed by atoms with van der Waals surface area (Å²) >= 11 is 5.61. The van der Waals surface area contributed by atoms with E-state index in [1.807, 2.05) is 0 Å². The molecule has 0 saturated heterocycles. The lowest BCUT2D eigenvalue weighted by molar-refractivity contribution is -0.116. The van der Waals surface area contributed by atoms with E-state index >= 15 is 0 Å². The molecule has 0 heterocycles. The van der Waals surface area contributed by atoms with Gasteiger partial charge in [0.2, 0.25) is 5.91 Å². The van der Waals surface area contributed by atoms with Crippen LogP contribution >= 0.6 is 11.6 Å². The summed E-state index contributed by atoms with van der Waals surface area (Å²) in [4.78, 5) is 21.9. The van der Waals surface area contributed by atoms with Gasteiger partial charge in [0.25, 0.3) is 0 Å². The van der Waals surface area contributed by atoms with Gasteiger partial charge in [-0.3, -0.25) is 9.59 Å². The van der Waals surface area contributed by atoms with Crippen LogP contribution < -0.4 is 5.73 Å². The average molecular weight is 202 g/mol. The zero-order valence-electron chi connectivity index (χ0n) is 7.25. The summed E-state index contributed by atoms with van der Waals surface area (Å²) in [6.45, 7) is 0. The fourth-order valence-corrected chi connectivity index (χ4v) is 1.49. The summed E-state index contributed by atoms with van der Waals surface area (Å²) in [6, 6.07) is 0. The molecule has 72 valence electrons. The molecule has 1 aliphatic carbocycles. The molecule has 1 fully saturated rings. The molecule has 1 aliphatic rings. The highest BCUT2D eigenvalue weighted by Crippen LogP contribution is 2.20. The number of hydrogen-bond donors (Lipinski definition) is 1. The van der Waals surface area contributed by atoms with E-state index in [2.05, 4.69) is 0 Å². The van der Waals surface area contributed by atoms with Crippen molar-refractivity contribution < 1.29 is 9.59 Å². The molecule has 1 unspecified atom stereocenters. The number of allylic oxidation sites excluding steroid dienone is 1. The van der Waals surface area contributed by atoms with Crippen molar-refractivity contribution in [2.45, 2.75) is 31.1 Å². The van der Waals surface area contributed by atoms with Gasteiger partial charge in [-0.25, -0.2) is 0 Å². The molecule has 4 heteroatoms. The SMILES string of the molecule is NC(=O)C(Cl)/C=C1\CCCCC1=O. The number of amides is 1. The number of halogens is 1. The van der Waals surface area contributed by atoms with Gasteiger partial charge < -0.3 is 5.73 Å². The lowest BCUT2D eigenvalue weighted by Gasteiger charge is -2.12. The van der Waals surface area contributed by atoms with Gasteiger partial charge in [-0.1, -0.05) is 6.08 Å². The van der Waals surface area contributed by atoms with Crippen LogP contribution in [0, 0.1) is 0 Å². The first-order chi connectivity index (χ1) is 6.11. The maximum Gasteiger partial charge on any atom is 0.239 e. The third-order valence-corrected chi connectivity index (χ3v) is 2.42. The van der Waals surface area contributed by atoms with Crippen LogP contribution in [0.15, 0.2) is 11.6 Å². The van der Waals surface area contributed by atoms with Crippen molar-refractivity contribution in [3.05, 3.63) is 11.6 Å². The van der Waals surface area contributed by atoms with Crippen LogP contribution in [0.2, 0.25) is 0 Å². The van der Waals surface area contributed by atoms with Gasteiger partial charge in [-0.2, -0.15) is 0 Å². The van der Waals surface area contributed by atoms with Crippen molar-refractivity contribution in [2.75, 3.05) is 0 Å². The number of rotatable bonds is 2. The zero-order chi connectivity index (χ0) is 9.84. The summed E-state index contributed by atoms with van der Waals surface area (Å²) in [5, 5.41) is -0.850. The van der Waals surface area contributed by atoms with Gasteiger partial charge in [0.15, 0.2) is 5.78 Å². The third kappa shape index (κ3) is 2.84. The van der Waals surface area contributed by atoms with Crippen molar-refractivity contribution in [1.29, 1.82) is 0 Å². The quantitative estimate of drug-likeness (QED) is 0.538. The van der Waals surface area contributed by atoms with Gasteiger partial charge in [-0.05, 0) is 24.8 Å². The summed E-state index contributed by atoms with van der Waals surface area (Å²) in [7, 11) is 0. The highest BCUT2D eigenvalue weighted by molar-refractivity contribution is 6.32. The Kier molecular flexibility index (Phi) is 3.48. The number of Topliss-reactive ketones (excluding diaryl/α,β-unsaturated/α-hetero) is 1. The lowest BCUT2D eigenvalue weighted by Crippen LogP contribution is -2.23. The molecule has 0 aromatic heterocycles. The second-order valence-electron chi connectivity index (χ2n) is 3.13. The van der Waals surface area contributed by atoms with Crippen LogP contribution in [0.1, 0.15) is 25.7 Å². The molecular weight excluding hydrogens is 190 g/mol. The molecule has 13 heavy (non-hydrogen) atoms. The number of carbonyl (C=O) groups excluding carboxylic acids is 2. The second-order valence-corrected chi connectivity index (χ2v) is 3.60. The van der Waals surface area contributed by atoms with Crippen LogP contribution in [0.25, 0.3) is 0 Å². The van der Waals surface area contributed by atoms with E-state index in [4.69, 9.17) is 17.3 Å². The summed E-state index contributed by atoms with van der Waals surface area (Å²) in [5.41, 5.74) is 5.63. The lowest BCUT2D eigenvalue weighted by atomic mass is 9.93. The molecule has 0 spiro atoms. The first kappa shape index (κ1) is 10.3. The highest BCUT2D eigenvalue weighted by atomic mass is 35.5. The number of nitrogens with two attached hydrogens (primary N) is 1. The van der Waals surface area contributed by atoms with E-state index in [0.717, 1.165) is 19.3 Å². The first-order valence-electron chi connectivity index (χ1n) is 4.28. The Labute approximate surface area is 81.9 Å². The predicted molar refractivity (Wildman–Crippen MR) is 50.4 cm³/mol. The second kappa shape index (κ2) is 4.42. The van der Waals surface area contributed by atoms with E-state index < -0.39 is 11.3 Å². The Morgan fingerprint density at radius 3 is 2.62 bits per heavy atom. The Balaban J connectivity index is 2.68. The number of hydrogen-bond acceptors (Lipinski definition) is 2. The average Bonchev–Trinajstić information content (AvgIpc) is 2.08. The Morgan fingerprint density at radius 1 is 1.46 bits per heavy atom. The molecule has 1 saturated carbocycles. The van der Waals surface area contributed by atoms with Gasteiger partial charge in [0.05, 0.1) is 0 Å². The molecule has 0 radical (unpaired) electrons. The van der Waals surface area contributed by atoms with Crippen molar-refractivity contribution in [2.24, 2.45) is 5.73 Å². The summed E-state index contributed by atoms with van der Waals surface area (Å²) in [6.07, 6.45) is 4.68. The van der Waals surface area contributed by atoms with Crippen LogP contribution in [-0.4, -0.2) is 17.1 Å². The minimum absolute atomic E-state index is 0.0955. The molecule has 0 aromatic carbocycles. The maximum atomic E-state index is 11.3. The monoisotopic (exact) mass is 201 g/mol. The standard InChI is InChI=1S/C9H12ClNO2/c10-7(9(11)13)5-6-3-1-2-4-8(6)12/h5,7H,1-4H2,(H2,11,13)/b6-5+. The van der Waals surface area contributed by atoms with Gasteiger partial charge >= 0.3 is 0 Å². The minimum atomic E-state index is -0.850. The molecule has 0 aliphatic heterocycles. The largest absolute Gasteiger partial charge is 0.368 e. The molecule has 1 amide bonds. The molecule has 0 bridgehead atoms. The topological polar surface area (TPSA) is 60.2 Å². The van der Waals surface area contributed by atoms with Crippen molar-refractivity contribution >= 4 is 23.3 Å². The summed E-state index contributed by atoms with van der Waals surface area (Å²) < 4.78 is 0. The first-order valence-corrected chi connectivity index (χ1v) is 4.72. The van der Waals surface area contributed by atoms with Crippen molar-refractivity contribution in [3.63, 3.8) is 0 Å². The third-order valence-electron chi connectivity index (χ3n) is 2.08. The molecular formula is C9H12ClNO2. The van der Waals surface area contributed by atoms with E-state index in [1.54, 1.807) is 0 Å². The fourth-order valence-electron chi connectivity index (χ4n) is 1.34. The Morgan fingerprint density at radius 2 is 2.08 bits per heavy atom. The Hall–Kier alpha value is -0.830. The highest BCUT2D eigenvalue weighted by Gasteiger charge is 2.17. The maximum absolute atomic E-state index is 11.3. The van der Waals surface area contributed by atoms with Gasteiger partial charge in [0, 0.05) is 6.42 Å². The summed E-state index contributed by atoms with van der Waals surface area (Å²) in [5.74, 6) is -0.509. The zero-order valence-corrected chi connectivity index (χ0v) is 8.01. The fraction of sp³-hybridized carbons (Fsp3) is 0.556. The molecule has 1 atom stereocenters.